The third-order valence-corrected chi connectivity index (χ3v) is 2.96. The molecule has 0 spiro atoms. The van der Waals surface area contributed by atoms with Crippen LogP contribution in [0.25, 0.3) is 0 Å². The van der Waals surface area contributed by atoms with Gasteiger partial charge in [0.1, 0.15) is 0 Å². The number of ether oxygens (including phenoxy) is 1. The lowest BCUT2D eigenvalue weighted by atomic mass is 10.1. The van der Waals surface area contributed by atoms with Crippen molar-refractivity contribution in [1.29, 1.82) is 0 Å². The average Bonchev–Trinajstić information content (AvgIpc) is 2.29. The Morgan fingerprint density at radius 1 is 1.29 bits per heavy atom. The first-order valence-electron chi connectivity index (χ1n) is 5.71. The topological polar surface area (TPSA) is 24.5 Å². The summed E-state index contributed by atoms with van der Waals surface area (Å²) in [4.78, 5) is 2.55. The summed E-state index contributed by atoms with van der Waals surface area (Å²) in [5.74, 6) is 0. The fourth-order valence-corrected chi connectivity index (χ4v) is 2.10. The van der Waals surface area contributed by atoms with Gasteiger partial charge in [-0.2, -0.15) is 0 Å². The maximum Gasteiger partial charge on any atom is 0.150 e. The van der Waals surface area contributed by atoms with Gasteiger partial charge in [-0.1, -0.05) is 6.42 Å². The molecule has 2 aliphatic rings. The van der Waals surface area contributed by atoms with Crippen molar-refractivity contribution in [2.75, 3.05) is 26.2 Å². The van der Waals surface area contributed by atoms with Gasteiger partial charge in [-0.05, 0) is 32.0 Å². The van der Waals surface area contributed by atoms with E-state index in [0.717, 1.165) is 13.0 Å². The van der Waals surface area contributed by atoms with E-state index in [4.69, 9.17) is 4.74 Å². The number of piperidine rings is 1. The quantitative estimate of drug-likeness (QED) is 0.737. The van der Waals surface area contributed by atoms with Crippen molar-refractivity contribution >= 4 is 0 Å². The van der Waals surface area contributed by atoms with Crippen molar-refractivity contribution in [2.24, 2.45) is 0 Å². The lowest BCUT2D eigenvalue weighted by Gasteiger charge is -2.29. The van der Waals surface area contributed by atoms with Crippen LogP contribution < -0.4 is 5.32 Å². The summed E-state index contributed by atoms with van der Waals surface area (Å²) in [5, 5.41) is 3.32. The molecule has 2 heterocycles. The molecule has 80 valence electrons. The lowest BCUT2D eigenvalue weighted by molar-refractivity contribution is 0.0788. The van der Waals surface area contributed by atoms with Gasteiger partial charge in [0.15, 0.2) is 6.23 Å². The third kappa shape index (κ3) is 3.00. The first-order chi connectivity index (χ1) is 6.95. The molecule has 0 amide bonds. The molecule has 2 rings (SSSR count). The fraction of sp³-hybridized carbons (Fsp3) is 0.818. The standard InChI is InChI=1S/C11H20N2O/c1-2-7-13(8-3-1)9-5-11-12-6-4-10-14-11/h4,10-12H,1-3,5-9H2. The van der Waals surface area contributed by atoms with Crippen LogP contribution in [0.2, 0.25) is 0 Å². The van der Waals surface area contributed by atoms with Gasteiger partial charge < -0.3 is 9.64 Å². The van der Waals surface area contributed by atoms with E-state index >= 15 is 0 Å². The minimum absolute atomic E-state index is 0.238. The van der Waals surface area contributed by atoms with E-state index in [-0.39, 0.29) is 6.23 Å². The summed E-state index contributed by atoms with van der Waals surface area (Å²) in [6.07, 6.45) is 9.33. The van der Waals surface area contributed by atoms with Gasteiger partial charge in [-0.3, -0.25) is 5.32 Å². The summed E-state index contributed by atoms with van der Waals surface area (Å²) in [6.45, 7) is 4.68. The van der Waals surface area contributed by atoms with Crippen molar-refractivity contribution < 1.29 is 4.74 Å². The van der Waals surface area contributed by atoms with Crippen molar-refractivity contribution in [2.45, 2.75) is 31.9 Å². The molecule has 0 bridgehead atoms. The Labute approximate surface area is 86.1 Å². The number of nitrogens with zero attached hydrogens (tertiary/aromatic N) is 1. The second kappa shape index (κ2) is 5.37. The maximum atomic E-state index is 5.45. The zero-order valence-electron chi connectivity index (χ0n) is 8.74. The Bertz CT molecular complexity index is 188. The van der Waals surface area contributed by atoms with Gasteiger partial charge in [0.05, 0.1) is 6.26 Å². The molecule has 0 aromatic rings. The van der Waals surface area contributed by atoms with Gasteiger partial charge in [0.25, 0.3) is 0 Å². The predicted octanol–water partition coefficient (Wildman–Crippen LogP) is 1.32. The highest BCUT2D eigenvalue weighted by atomic mass is 16.5. The van der Waals surface area contributed by atoms with Crippen LogP contribution in [0.1, 0.15) is 25.7 Å². The Hall–Kier alpha value is -0.540. The minimum Gasteiger partial charge on any atom is -0.483 e. The summed E-state index contributed by atoms with van der Waals surface area (Å²) in [7, 11) is 0. The largest absolute Gasteiger partial charge is 0.483 e. The van der Waals surface area contributed by atoms with Crippen LogP contribution in [-0.4, -0.2) is 37.3 Å². The SMILES string of the molecule is C1=COC(CCN2CCCCC2)NC1. The number of likely N-dealkylation sites (tertiary alicyclic amines) is 1. The number of hydrogen-bond acceptors (Lipinski definition) is 3. The molecular weight excluding hydrogens is 176 g/mol. The number of hydrogen-bond donors (Lipinski definition) is 1. The highest BCUT2D eigenvalue weighted by molar-refractivity contribution is 4.83. The van der Waals surface area contributed by atoms with E-state index in [1.54, 1.807) is 0 Å². The van der Waals surface area contributed by atoms with Crippen LogP contribution in [0.3, 0.4) is 0 Å². The van der Waals surface area contributed by atoms with Gasteiger partial charge in [0, 0.05) is 19.5 Å². The summed E-state index contributed by atoms with van der Waals surface area (Å²) < 4.78 is 5.45. The Morgan fingerprint density at radius 3 is 2.86 bits per heavy atom. The van der Waals surface area contributed by atoms with Crippen LogP contribution in [0, 0.1) is 0 Å². The molecule has 1 N–H and O–H groups in total. The van der Waals surface area contributed by atoms with Gasteiger partial charge in [0.2, 0.25) is 0 Å². The zero-order valence-corrected chi connectivity index (χ0v) is 8.74. The second-order valence-electron chi connectivity index (χ2n) is 4.10. The normalized spacial score (nSPS) is 28.7. The molecule has 1 fully saturated rings. The monoisotopic (exact) mass is 196 g/mol. The molecule has 0 aliphatic carbocycles. The van der Waals surface area contributed by atoms with Crippen molar-refractivity contribution in [3.63, 3.8) is 0 Å². The van der Waals surface area contributed by atoms with Crippen molar-refractivity contribution in [3.05, 3.63) is 12.3 Å². The van der Waals surface area contributed by atoms with E-state index in [2.05, 4.69) is 10.2 Å². The molecule has 2 aliphatic heterocycles. The van der Waals surface area contributed by atoms with E-state index in [1.165, 1.54) is 38.9 Å². The van der Waals surface area contributed by atoms with Crippen LogP contribution in [0.15, 0.2) is 12.3 Å². The molecule has 1 unspecified atom stereocenters. The van der Waals surface area contributed by atoms with Crippen LogP contribution in [-0.2, 0) is 4.74 Å². The summed E-state index contributed by atoms with van der Waals surface area (Å²) >= 11 is 0. The highest BCUT2D eigenvalue weighted by Crippen LogP contribution is 2.10. The highest BCUT2D eigenvalue weighted by Gasteiger charge is 2.14. The molecule has 0 radical (unpaired) electrons. The van der Waals surface area contributed by atoms with E-state index < -0.39 is 0 Å². The van der Waals surface area contributed by atoms with Crippen LogP contribution in [0.5, 0.6) is 0 Å². The first kappa shape index (κ1) is 9.99. The van der Waals surface area contributed by atoms with Gasteiger partial charge in [-0.15, -0.1) is 0 Å². The molecule has 3 nitrogen and oxygen atoms in total. The lowest BCUT2D eigenvalue weighted by Crippen LogP contribution is -2.38. The molecule has 3 heteroatoms. The molecule has 1 saturated heterocycles. The molecule has 0 aromatic heterocycles. The van der Waals surface area contributed by atoms with Crippen molar-refractivity contribution in [1.82, 2.24) is 10.2 Å². The summed E-state index contributed by atoms with van der Waals surface area (Å²) in [6, 6.07) is 0. The fourth-order valence-electron chi connectivity index (χ4n) is 2.10. The number of rotatable bonds is 3. The Morgan fingerprint density at radius 2 is 2.14 bits per heavy atom. The average molecular weight is 196 g/mol. The molecule has 14 heavy (non-hydrogen) atoms. The zero-order chi connectivity index (χ0) is 9.64. The Kier molecular flexibility index (Phi) is 3.83. The van der Waals surface area contributed by atoms with Crippen LogP contribution >= 0.6 is 0 Å². The first-order valence-corrected chi connectivity index (χ1v) is 5.71. The second-order valence-corrected chi connectivity index (χ2v) is 4.10. The molecule has 0 saturated carbocycles. The Balaban J connectivity index is 1.63. The maximum absolute atomic E-state index is 5.45. The summed E-state index contributed by atoms with van der Waals surface area (Å²) in [5.41, 5.74) is 0. The van der Waals surface area contributed by atoms with Crippen LogP contribution in [0.4, 0.5) is 0 Å². The van der Waals surface area contributed by atoms with E-state index in [0.29, 0.717) is 0 Å². The minimum atomic E-state index is 0.238. The molecule has 1 atom stereocenters. The predicted molar refractivity (Wildman–Crippen MR) is 56.9 cm³/mol. The molecule has 0 aromatic carbocycles. The van der Waals surface area contributed by atoms with Gasteiger partial charge >= 0.3 is 0 Å². The van der Waals surface area contributed by atoms with Gasteiger partial charge in [-0.25, -0.2) is 0 Å². The van der Waals surface area contributed by atoms with Crippen molar-refractivity contribution in [3.8, 4) is 0 Å². The number of nitrogens with one attached hydrogen (secondary N) is 1. The third-order valence-electron chi connectivity index (χ3n) is 2.96. The van der Waals surface area contributed by atoms with E-state index in [1.807, 2.05) is 12.3 Å². The smallest absolute Gasteiger partial charge is 0.150 e. The van der Waals surface area contributed by atoms with E-state index in [9.17, 15) is 0 Å². The molecular formula is C11H20N2O.